The van der Waals surface area contributed by atoms with Gasteiger partial charge in [-0.05, 0) is 33.1 Å². The molecule has 0 aliphatic heterocycles. The summed E-state index contributed by atoms with van der Waals surface area (Å²) in [7, 11) is 0. The maximum atomic E-state index is 11.5. The lowest BCUT2D eigenvalue weighted by Crippen LogP contribution is -2.34. The molecule has 80 valence electrons. The van der Waals surface area contributed by atoms with Crippen LogP contribution in [0.1, 0.15) is 33.1 Å². The van der Waals surface area contributed by atoms with Crippen molar-refractivity contribution < 1.29 is 14.7 Å². The average molecular weight is 199 g/mol. The summed E-state index contributed by atoms with van der Waals surface area (Å²) in [4.78, 5) is 22.2. The molecule has 0 saturated heterocycles. The number of amides is 1. The van der Waals surface area contributed by atoms with Crippen molar-refractivity contribution in [2.24, 2.45) is 11.8 Å². The summed E-state index contributed by atoms with van der Waals surface area (Å²) in [5.41, 5.74) is 0. The molecular weight excluding hydrogens is 182 g/mol. The molecule has 0 heterocycles. The molecule has 1 saturated carbocycles. The van der Waals surface area contributed by atoms with Crippen molar-refractivity contribution >= 4 is 11.9 Å². The Morgan fingerprint density at radius 1 is 1.29 bits per heavy atom. The third kappa shape index (κ3) is 2.72. The van der Waals surface area contributed by atoms with Crippen molar-refractivity contribution in [1.29, 1.82) is 0 Å². The highest BCUT2D eigenvalue weighted by Gasteiger charge is 2.33. The fourth-order valence-corrected chi connectivity index (χ4v) is 1.85. The minimum Gasteiger partial charge on any atom is -0.481 e. The molecule has 1 aliphatic carbocycles. The van der Waals surface area contributed by atoms with Gasteiger partial charge in [0.2, 0.25) is 5.91 Å². The zero-order valence-corrected chi connectivity index (χ0v) is 8.62. The minimum absolute atomic E-state index is 0.00347. The molecule has 2 atom stereocenters. The number of hydrogen-bond donors (Lipinski definition) is 2. The fourth-order valence-electron chi connectivity index (χ4n) is 1.85. The quantitative estimate of drug-likeness (QED) is 0.713. The van der Waals surface area contributed by atoms with Gasteiger partial charge in [-0.25, -0.2) is 0 Å². The molecule has 1 rings (SSSR count). The first-order valence-electron chi connectivity index (χ1n) is 5.04. The topological polar surface area (TPSA) is 66.4 Å². The predicted molar refractivity (Wildman–Crippen MR) is 51.7 cm³/mol. The van der Waals surface area contributed by atoms with Gasteiger partial charge in [0.15, 0.2) is 0 Å². The SMILES string of the molecule is CC(C)NC(=O)[C@@H]1CC[C@H](C(=O)O)C1. The van der Waals surface area contributed by atoms with Gasteiger partial charge >= 0.3 is 5.97 Å². The zero-order chi connectivity index (χ0) is 10.7. The van der Waals surface area contributed by atoms with Crippen molar-refractivity contribution in [3.8, 4) is 0 Å². The first-order chi connectivity index (χ1) is 6.50. The summed E-state index contributed by atoms with van der Waals surface area (Å²) >= 11 is 0. The summed E-state index contributed by atoms with van der Waals surface area (Å²) in [6.45, 7) is 3.81. The van der Waals surface area contributed by atoms with E-state index in [1.165, 1.54) is 0 Å². The Balaban J connectivity index is 2.42. The molecule has 0 spiro atoms. The summed E-state index contributed by atoms with van der Waals surface area (Å²) in [5, 5.41) is 11.6. The number of carboxylic acids is 1. The van der Waals surface area contributed by atoms with Gasteiger partial charge in [0.25, 0.3) is 0 Å². The summed E-state index contributed by atoms with van der Waals surface area (Å²) in [5.74, 6) is -1.19. The van der Waals surface area contributed by atoms with E-state index >= 15 is 0 Å². The molecule has 0 radical (unpaired) electrons. The van der Waals surface area contributed by atoms with Gasteiger partial charge < -0.3 is 10.4 Å². The van der Waals surface area contributed by atoms with Crippen molar-refractivity contribution in [3.63, 3.8) is 0 Å². The van der Waals surface area contributed by atoms with Crippen molar-refractivity contribution in [2.75, 3.05) is 0 Å². The number of carboxylic acid groups (broad SMARTS) is 1. The maximum Gasteiger partial charge on any atom is 0.306 e. The van der Waals surface area contributed by atoms with Crippen LogP contribution in [0.3, 0.4) is 0 Å². The van der Waals surface area contributed by atoms with E-state index in [4.69, 9.17) is 5.11 Å². The lowest BCUT2D eigenvalue weighted by Gasteiger charge is -2.13. The van der Waals surface area contributed by atoms with E-state index in [1.54, 1.807) is 0 Å². The van der Waals surface area contributed by atoms with Crippen LogP contribution in [0.25, 0.3) is 0 Å². The van der Waals surface area contributed by atoms with Crippen LogP contribution in [0.4, 0.5) is 0 Å². The van der Waals surface area contributed by atoms with Crippen LogP contribution < -0.4 is 5.32 Å². The third-order valence-electron chi connectivity index (χ3n) is 2.58. The second-order valence-corrected chi connectivity index (χ2v) is 4.21. The van der Waals surface area contributed by atoms with Crippen LogP contribution in [0.5, 0.6) is 0 Å². The van der Waals surface area contributed by atoms with E-state index in [1.807, 2.05) is 13.8 Å². The summed E-state index contributed by atoms with van der Waals surface area (Å²) in [6.07, 6.45) is 1.83. The van der Waals surface area contributed by atoms with E-state index < -0.39 is 5.97 Å². The average Bonchev–Trinajstić information content (AvgIpc) is 2.50. The number of aliphatic carboxylic acids is 1. The summed E-state index contributed by atoms with van der Waals surface area (Å²) in [6, 6.07) is 0.131. The van der Waals surface area contributed by atoms with E-state index in [9.17, 15) is 9.59 Å². The van der Waals surface area contributed by atoms with Crippen LogP contribution >= 0.6 is 0 Å². The van der Waals surface area contributed by atoms with Gasteiger partial charge in [-0.1, -0.05) is 0 Å². The van der Waals surface area contributed by atoms with Crippen molar-refractivity contribution in [1.82, 2.24) is 5.32 Å². The number of carbonyl (C=O) groups is 2. The standard InChI is InChI=1S/C10H17NO3/c1-6(2)11-9(12)7-3-4-8(5-7)10(13)14/h6-8H,3-5H2,1-2H3,(H,11,12)(H,13,14)/t7-,8+/m1/s1. The molecule has 0 aromatic carbocycles. The number of hydrogen-bond acceptors (Lipinski definition) is 2. The summed E-state index contributed by atoms with van der Waals surface area (Å²) < 4.78 is 0. The Morgan fingerprint density at radius 2 is 1.86 bits per heavy atom. The van der Waals surface area contributed by atoms with Crippen LogP contribution in [0.15, 0.2) is 0 Å². The van der Waals surface area contributed by atoms with Crippen molar-refractivity contribution in [3.05, 3.63) is 0 Å². The molecule has 0 aromatic rings. The highest BCUT2D eigenvalue weighted by atomic mass is 16.4. The second-order valence-electron chi connectivity index (χ2n) is 4.21. The molecule has 0 bridgehead atoms. The Labute approximate surface area is 83.7 Å². The molecule has 14 heavy (non-hydrogen) atoms. The fraction of sp³-hybridized carbons (Fsp3) is 0.800. The predicted octanol–water partition coefficient (Wildman–Crippen LogP) is 1.01. The number of rotatable bonds is 3. The molecule has 1 aliphatic rings. The number of carbonyl (C=O) groups excluding carboxylic acids is 1. The molecule has 4 heteroatoms. The normalized spacial score (nSPS) is 26.5. The van der Waals surface area contributed by atoms with Gasteiger partial charge in [0.1, 0.15) is 0 Å². The molecular formula is C10H17NO3. The Bertz CT molecular complexity index is 238. The second kappa shape index (κ2) is 4.44. The van der Waals surface area contributed by atoms with Gasteiger partial charge in [0, 0.05) is 12.0 Å². The minimum atomic E-state index is -0.773. The van der Waals surface area contributed by atoms with Crippen LogP contribution in [0, 0.1) is 11.8 Å². The largest absolute Gasteiger partial charge is 0.481 e. The first kappa shape index (κ1) is 11.0. The molecule has 0 unspecified atom stereocenters. The van der Waals surface area contributed by atoms with Gasteiger partial charge in [-0.2, -0.15) is 0 Å². The van der Waals surface area contributed by atoms with Crippen LogP contribution in [-0.2, 0) is 9.59 Å². The monoisotopic (exact) mass is 199 g/mol. The highest BCUT2D eigenvalue weighted by Crippen LogP contribution is 2.31. The van der Waals surface area contributed by atoms with E-state index in [-0.39, 0.29) is 23.8 Å². The molecule has 2 N–H and O–H groups in total. The Hall–Kier alpha value is -1.06. The molecule has 0 aromatic heterocycles. The van der Waals surface area contributed by atoms with Gasteiger partial charge in [-0.3, -0.25) is 9.59 Å². The van der Waals surface area contributed by atoms with Crippen LogP contribution in [0.2, 0.25) is 0 Å². The third-order valence-corrected chi connectivity index (χ3v) is 2.58. The van der Waals surface area contributed by atoms with Gasteiger partial charge in [0.05, 0.1) is 5.92 Å². The zero-order valence-electron chi connectivity index (χ0n) is 8.62. The Morgan fingerprint density at radius 3 is 2.29 bits per heavy atom. The molecule has 4 nitrogen and oxygen atoms in total. The lowest BCUT2D eigenvalue weighted by atomic mass is 10.0. The lowest BCUT2D eigenvalue weighted by molar-refractivity contribution is -0.141. The van der Waals surface area contributed by atoms with Crippen LogP contribution in [-0.4, -0.2) is 23.0 Å². The van der Waals surface area contributed by atoms with Gasteiger partial charge in [-0.15, -0.1) is 0 Å². The smallest absolute Gasteiger partial charge is 0.306 e. The molecule has 1 fully saturated rings. The highest BCUT2D eigenvalue weighted by molar-refractivity contribution is 5.81. The first-order valence-corrected chi connectivity index (χ1v) is 5.04. The van der Waals surface area contributed by atoms with E-state index in [0.717, 1.165) is 0 Å². The maximum absolute atomic E-state index is 11.5. The van der Waals surface area contributed by atoms with Crippen molar-refractivity contribution in [2.45, 2.75) is 39.2 Å². The molecule has 1 amide bonds. The van der Waals surface area contributed by atoms with E-state index in [0.29, 0.717) is 19.3 Å². The Kier molecular flexibility index (Phi) is 3.49. The number of nitrogens with one attached hydrogen (secondary N) is 1. The van der Waals surface area contributed by atoms with E-state index in [2.05, 4.69) is 5.32 Å².